The minimum Gasteiger partial charge on any atom is -0.307 e. The molecule has 1 aromatic heterocycles. The lowest BCUT2D eigenvalue weighted by Gasteiger charge is -2.22. The molecule has 0 saturated heterocycles. The van der Waals surface area contributed by atoms with Crippen molar-refractivity contribution in [2.45, 2.75) is 13.0 Å². The summed E-state index contributed by atoms with van der Waals surface area (Å²) < 4.78 is 0. The summed E-state index contributed by atoms with van der Waals surface area (Å²) in [6.07, 6.45) is 0.384. The van der Waals surface area contributed by atoms with Crippen LogP contribution in [0.5, 0.6) is 0 Å². The highest BCUT2D eigenvalue weighted by atomic mass is 35.5. The molecule has 4 heteroatoms. The summed E-state index contributed by atoms with van der Waals surface area (Å²) in [6.45, 7) is 0.574. The standard InChI is InChI=1S/C19H16ClNOS/c20-16-8-10-17(11-9-16)21(14-18-7-4-12-23-18)19(22)13-15-5-2-1-3-6-15/h1-12H,13-14H2. The Labute approximate surface area is 145 Å². The molecule has 0 unspecified atom stereocenters. The Balaban J connectivity index is 1.84. The topological polar surface area (TPSA) is 20.3 Å². The van der Waals surface area contributed by atoms with Gasteiger partial charge in [-0.2, -0.15) is 0 Å². The monoisotopic (exact) mass is 341 g/mol. The average molecular weight is 342 g/mol. The Bertz CT molecular complexity index is 754. The van der Waals surface area contributed by atoms with Gasteiger partial charge in [-0.1, -0.05) is 48.0 Å². The second-order valence-electron chi connectivity index (χ2n) is 5.20. The first-order valence-electron chi connectivity index (χ1n) is 7.34. The Morgan fingerprint density at radius 2 is 1.70 bits per heavy atom. The third-order valence-corrected chi connectivity index (χ3v) is 4.64. The van der Waals surface area contributed by atoms with E-state index in [1.807, 2.05) is 77.0 Å². The number of anilines is 1. The number of carbonyl (C=O) groups is 1. The van der Waals surface area contributed by atoms with Crippen molar-refractivity contribution in [3.05, 3.63) is 87.6 Å². The molecule has 2 aromatic carbocycles. The van der Waals surface area contributed by atoms with Crippen LogP contribution in [0.3, 0.4) is 0 Å². The number of halogens is 1. The van der Waals surface area contributed by atoms with Gasteiger partial charge in [0, 0.05) is 15.6 Å². The van der Waals surface area contributed by atoms with E-state index in [1.54, 1.807) is 11.3 Å². The molecular formula is C19H16ClNOS. The number of hydrogen-bond donors (Lipinski definition) is 0. The van der Waals surface area contributed by atoms with Crippen molar-refractivity contribution in [2.75, 3.05) is 4.90 Å². The first-order valence-corrected chi connectivity index (χ1v) is 8.60. The molecule has 2 nitrogen and oxygen atoms in total. The number of hydrogen-bond acceptors (Lipinski definition) is 2. The molecule has 1 heterocycles. The van der Waals surface area contributed by atoms with Gasteiger partial charge in [0.15, 0.2) is 0 Å². The fourth-order valence-electron chi connectivity index (χ4n) is 2.37. The van der Waals surface area contributed by atoms with Crippen LogP contribution in [0.4, 0.5) is 5.69 Å². The molecule has 116 valence electrons. The van der Waals surface area contributed by atoms with E-state index in [9.17, 15) is 4.79 Å². The minimum absolute atomic E-state index is 0.0759. The number of thiophene rings is 1. The highest BCUT2D eigenvalue weighted by Gasteiger charge is 2.17. The fraction of sp³-hybridized carbons (Fsp3) is 0.105. The summed E-state index contributed by atoms with van der Waals surface area (Å²) in [6, 6.07) is 21.3. The van der Waals surface area contributed by atoms with Gasteiger partial charge in [-0.25, -0.2) is 0 Å². The lowest BCUT2D eigenvalue weighted by molar-refractivity contribution is -0.118. The van der Waals surface area contributed by atoms with E-state index < -0.39 is 0 Å². The largest absolute Gasteiger partial charge is 0.307 e. The van der Waals surface area contributed by atoms with Crippen molar-refractivity contribution in [1.29, 1.82) is 0 Å². The molecule has 0 aliphatic carbocycles. The van der Waals surface area contributed by atoms with E-state index in [4.69, 9.17) is 11.6 Å². The number of benzene rings is 2. The van der Waals surface area contributed by atoms with Crippen LogP contribution in [0.15, 0.2) is 72.1 Å². The normalized spacial score (nSPS) is 10.5. The predicted molar refractivity (Wildman–Crippen MR) is 97.1 cm³/mol. The Morgan fingerprint density at radius 1 is 0.957 bits per heavy atom. The molecule has 1 amide bonds. The Hall–Kier alpha value is -2.10. The zero-order valence-corrected chi connectivity index (χ0v) is 14.1. The molecule has 0 bridgehead atoms. The van der Waals surface area contributed by atoms with Crippen LogP contribution in [0.1, 0.15) is 10.4 Å². The van der Waals surface area contributed by atoms with Crippen LogP contribution in [0.2, 0.25) is 5.02 Å². The van der Waals surface area contributed by atoms with Gasteiger partial charge in [0.05, 0.1) is 13.0 Å². The van der Waals surface area contributed by atoms with E-state index >= 15 is 0 Å². The minimum atomic E-state index is 0.0759. The van der Waals surface area contributed by atoms with Crippen molar-refractivity contribution in [1.82, 2.24) is 0 Å². The maximum absolute atomic E-state index is 12.8. The molecule has 0 radical (unpaired) electrons. The molecule has 0 aliphatic rings. The molecule has 23 heavy (non-hydrogen) atoms. The Kier molecular flexibility index (Phi) is 5.11. The van der Waals surface area contributed by atoms with Gasteiger partial charge in [-0.05, 0) is 41.3 Å². The molecule has 0 atom stereocenters. The summed E-state index contributed by atoms with van der Waals surface area (Å²) in [7, 11) is 0. The fourth-order valence-corrected chi connectivity index (χ4v) is 3.19. The maximum atomic E-state index is 12.8. The van der Waals surface area contributed by atoms with Crippen molar-refractivity contribution in [3.8, 4) is 0 Å². The molecule has 0 N–H and O–H groups in total. The zero-order valence-electron chi connectivity index (χ0n) is 12.5. The number of carbonyl (C=O) groups excluding carboxylic acids is 1. The number of amides is 1. The lowest BCUT2D eigenvalue weighted by atomic mass is 10.1. The van der Waals surface area contributed by atoms with Crippen LogP contribution < -0.4 is 4.90 Å². The molecular weight excluding hydrogens is 326 g/mol. The van der Waals surface area contributed by atoms with Crippen LogP contribution >= 0.6 is 22.9 Å². The lowest BCUT2D eigenvalue weighted by Crippen LogP contribution is -2.31. The molecule has 3 rings (SSSR count). The highest BCUT2D eigenvalue weighted by molar-refractivity contribution is 7.09. The van der Waals surface area contributed by atoms with Crippen LogP contribution in [0, 0.1) is 0 Å². The average Bonchev–Trinajstić information content (AvgIpc) is 3.08. The van der Waals surface area contributed by atoms with Gasteiger partial charge < -0.3 is 4.90 Å². The Morgan fingerprint density at radius 3 is 2.35 bits per heavy atom. The number of rotatable bonds is 5. The van der Waals surface area contributed by atoms with Gasteiger partial charge in [-0.3, -0.25) is 4.79 Å². The quantitative estimate of drug-likeness (QED) is 0.626. The van der Waals surface area contributed by atoms with Gasteiger partial charge in [0.2, 0.25) is 5.91 Å². The van der Waals surface area contributed by atoms with Gasteiger partial charge in [0.25, 0.3) is 0 Å². The van der Waals surface area contributed by atoms with Crippen molar-refractivity contribution < 1.29 is 4.79 Å². The van der Waals surface area contributed by atoms with Crippen molar-refractivity contribution in [2.24, 2.45) is 0 Å². The second kappa shape index (κ2) is 7.44. The SMILES string of the molecule is O=C(Cc1ccccc1)N(Cc1cccs1)c1ccc(Cl)cc1. The third kappa shape index (κ3) is 4.21. The van der Waals surface area contributed by atoms with Crippen LogP contribution in [-0.2, 0) is 17.8 Å². The summed E-state index contributed by atoms with van der Waals surface area (Å²) in [5.74, 6) is 0.0759. The third-order valence-electron chi connectivity index (χ3n) is 3.53. The van der Waals surface area contributed by atoms with E-state index in [0.717, 1.165) is 16.1 Å². The molecule has 0 aliphatic heterocycles. The van der Waals surface area contributed by atoms with E-state index in [1.165, 1.54) is 0 Å². The first-order chi connectivity index (χ1) is 11.2. The molecule has 0 spiro atoms. The molecule has 0 fully saturated rings. The van der Waals surface area contributed by atoms with Crippen molar-refractivity contribution >= 4 is 34.5 Å². The van der Waals surface area contributed by atoms with Crippen LogP contribution in [-0.4, -0.2) is 5.91 Å². The van der Waals surface area contributed by atoms with E-state index in [0.29, 0.717) is 18.0 Å². The molecule has 3 aromatic rings. The van der Waals surface area contributed by atoms with Gasteiger partial charge in [0.1, 0.15) is 0 Å². The van der Waals surface area contributed by atoms with Crippen molar-refractivity contribution in [3.63, 3.8) is 0 Å². The van der Waals surface area contributed by atoms with E-state index in [2.05, 4.69) is 0 Å². The summed E-state index contributed by atoms with van der Waals surface area (Å²) in [4.78, 5) is 15.8. The summed E-state index contributed by atoms with van der Waals surface area (Å²) in [5.41, 5.74) is 1.88. The van der Waals surface area contributed by atoms with E-state index in [-0.39, 0.29) is 5.91 Å². The number of nitrogens with zero attached hydrogens (tertiary/aromatic N) is 1. The smallest absolute Gasteiger partial charge is 0.231 e. The second-order valence-corrected chi connectivity index (χ2v) is 6.67. The summed E-state index contributed by atoms with van der Waals surface area (Å²) in [5, 5.41) is 2.69. The predicted octanol–water partition coefficient (Wildman–Crippen LogP) is 5.18. The first kappa shape index (κ1) is 15.8. The van der Waals surface area contributed by atoms with Gasteiger partial charge in [-0.15, -0.1) is 11.3 Å². The molecule has 0 saturated carbocycles. The van der Waals surface area contributed by atoms with Crippen LogP contribution in [0.25, 0.3) is 0 Å². The maximum Gasteiger partial charge on any atom is 0.231 e. The zero-order chi connectivity index (χ0) is 16.1. The highest BCUT2D eigenvalue weighted by Crippen LogP contribution is 2.23. The summed E-state index contributed by atoms with van der Waals surface area (Å²) >= 11 is 7.62. The van der Waals surface area contributed by atoms with Gasteiger partial charge >= 0.3 is 0 Å².